The molecule has 0 saturated carbocycles. The number of aryl methyl sites for hydroxylation is 2. The number of likely N-dealkylation sites (tertiary alicyclic amines) is 1. The van der Waals surface area contributed by atoms with Gasteiger partial charge in [-0.1, -0.05) is 30.3 Å². The van der Waals surface area contributed by atoms with E-state index in [2.05, 4.69) is 36.9 Å². The summed E-state index contributed by atoms with van der Waals surface area (Å²) in [4.78, 5) is 17.3. The smallest absolute Gasteiger partial charge is 0.266 e. The number of amides is 1. The number of halogens is 1. The van der Waals surface area contributed by atoms with E-state index >= 15 is 0 Å². The molecule has 2 saturated heterocycles. The van der Waals surface area contributed by atoms with Crippen molar-refractivity contribution in [3.63, 3.8) is 0 Å². The summed E-state index contributed by atoms with van der Waals surface area (Å²) in [6, 6.07) is 12.3. The summed E-state index contributed by atoms with van der Waals surface area (Å²) in [5, 5.41) is 0. The molecule has 0 bridgehead atoms. The first-order chi connectivity index (χ1) is 15.0. The fourth-order valence-corrected chi connectivity index (χ4v) is 4.30. The van der Waals surface area contributed by atoms with Crippen LogP contribution in [0.1, 0.15) is 35.6 Å². The number of hydrogen-bond donors (Lipinski definition) is 0. The quantitative estimate of drug-likeness (QED) is 0.475. The molecule has 2 aliphatic heterocycles. The van der Waals surface area contributed by atoms with E-state index in [1.165, 1.54) is 17.2 Å². The molecule has 5 nitrogen and oxygen atoms in total. The molecule has 4 rings (SSSR count). The van der Waals surface area contributed by atoms with Gasteiger partial charge in [-0.05, 0) is 62.1 Å². The molecule has 1 amide bonds. The monoisotopic (exact) mass is 426 g/mol. The number of para-hydroxylation sites is 1. The molecule has 0 spiro atoms. The number of morpholine rings is 1. The van der Waals surface area contributed by atoms with Gasteiger partial charge in [-0.3, -0.25) is 9.69 Å². The second-order valence-corrected chi connectivity index (χ2v) is 8.45. The Kier molecular flexibility index (Phi) is 6.88. The van der Waals surface area contributed by atoms with Crippen molar-refractivity contribution in [3.8, 4) is 5.75 Å². The maximum Gasteiger partial charge on any atom is 0.266 e. The van der Waals surface area contributed by atoms with Crippen molar-refractivity contribution in [2.75, 3.05) is 39.4 Å². The lowest BCUT2D eigenvalue weighted by Gasteiger charge is -2.47. The second kappa shape index (κ2) is 9.79. The maximum atomic E-state index is 14.1. The predicted molar refractivity (Wildman–Crippen MR) is 118 cm³/mol. The average molecular weight is 427 g/mol. The summed E-state index contributed by atoms with van der Waals surface area (Å²) in [6.45, 7) is 9.40. The molecule has 0 aliphatic carbocycles. The molecule has 0 N–H and O–H groups in total. The zero-order valence-corrected chi connectivity index (χ0v) is 18.4. The van der Waals surface area contributed by atoms with Crippen LogP contribution in [-0.2, 0) is 9.53 Å². The van der Waals surface area contributed by atoms with Crippen LogP contribution in [0, 0.1) is 19.7 Å². The molecule has 6 heteroatoms. The summed E-state index contributed by atoms with van der Waals surface area (Å²) in [5.74, 6) is -0.391. The summed E-state index contributed by atoms with van der Waals surface area (Å²) in [5.41, 5.74) is 3.42. The van der Waals surface area contributed by atoms with Gasteiger partial charge in [0.25, 0.3) is 5.91 Å². The summed E-state index contributed by atoms with van der Waals surface area (Å²) in [6.07, 6.45) is 1.26. The van der Waals surface area contributed by atoms with E-state index in [0.717, 1.165) is 51.3 Å². The Bertz CT molecular complexity index is 913. The zero-order chi connectivity index (χ0) is 21.8. The van der Waals surface area contributed by atoms with Crippen LogP contribution in [0.3, 0.4) is 0 Å². The van der Waals surface area contributed by atoms with Gasteiger partial charge >= 0.3 is 0 Å². The Morgan fingerprint density at radius 3 is 2.52 bits per heavy atom. The van der Waals surface area contributed by atoms with E-state index in [4.69, 9.17) is 9.47 Å². The lowest BCUT2D eigenvalue weighted by atomic mass is 9.88. The molecule has 2 aromatic carbocycles. The van der Waals surface area contributed by atoms with Crippen LogP contribution in [-0.4, -0.2) is 61.2 Å². The van der Waals surface area contributed by atoms with Gasteiger partial charge < -0.3 is 14.4 Å². The molecule has 0 unspecified atom stereocenters. The molecule has 2 heterocycles. The number of hydrogen-bond acceptors (Lipinski definition) is 4. The standard InChI is InChI=1S/C25H31FN2O3/c1-18-9-10-20(17-19(18)2)23-24(31-22-8-4-3-7-21(22)26)25(29)28(23)12-6-5-11-27-13-15-30-16-14-27/h3-4,7-10,17,23-24H,5-6,11-16H2,1-2H3/t23-,24+/m1/s1. The molecule has 2 aliphatic rings. The summed E-state index contributed by atoms with van der Waals surface area (Å²) >= 11 is 0. The number of ether oxygens (including phenoxy) is 2. The predicted octanol–water partition coefficient (Wildman–Crippen LogP) is 3.89. The van der Waals surface area contributed by atoms with Gasteiger partial charge in [0.05, 0.1) is 13.2 Å². The fourth-order valence-electron chi connectivity index (χ4n) is 4.30. The zero-order valence-electron chi connectivity index (χ0n) is 18.4. The van der Waals surface area contributed by atoms with E-state index in [1.54, 1.807) is 18.2 Å². The lowest BCUT2D eigenvalue weighted by molar-refractivity contribution is -0.164. The van der Waals surface area contributed by atoms with E-state index < -0.39 is 11.9 Å². The molecule has 2 aromatic rings. The van der Waals surface area contributed by atoms with Crippen LogP contribution in [0.5, 0.6) is 5.75 Å². The number of rotatable bonds is 8. The number of β-lactam (4-membered cyclic amide) rings is 1. The normalized spacial score (nSPS) is 21.8. The highest BCUT2D eigenvalue weighted by molar-refractivity contribution is 5.89. The molecular formula is C25H31FN2O3. The third kappa shape index (κ3) is 4.91. The topological polar surface area (TPSA) is 42.0 Å². The van der Waals surface area contributed by atoms with Gasteiger partial charge in [-0.25, -0.2) is 4.39 Å². The molecule has 2 atom stereocenters. The van der Waals surface area contributed by atoms with Crippen molar-refractivity contribution < 1.29 is 18.7 Å². The van der Waals surface area contributed by atoms with Crippen LogP contribution in [0.25, 0.3) is 0 Å². The highest BCUT2D eigenvalue weighted by Gasteiger charge is 2.50. The minimum absolute atomic E-state index is 0.0714. The Hall–Kier alpha value is -2.44. The van der Waals surface area contributed by atoms with Crippen molar-refractivity contribution >= 4 is 5.91 Å². The number of carbonyl (C=O) groups is 1. The highest BCUT2D eigenvalue weighted by Crippen LogP contribution is 2.39. The van der Waals surface area contributed by atoms with Crippen molar-refractivity contribution in [1.82, 2.24) is 9.80 Å². The third-order valence-electron chi connectivity index (χ3n) is 6.34. The van der Waals surface area contributed by atoms with Gasteiger partial charge in [0.2, 0.25) is 6.10 Å². The first-order valence-electron chi connectivity index (χ1n) is 11.1. The van der Waals surface area contributed by atoms with Gasteiger partial charge in [0.1, 0.15) is 6.04 Å². The number of unbranched alkanes of at least 4 members (excludes halogenated alkanes) is 1. The van der Waals surface area contributed by atoms with E-state index in [-0.39, 0.29) is 17.7 Å². The van der Waals surface area contributed by atoms with E-state index in [9.17, 15) is 9.18 Å². The Labute approximate surface area is 183 Å². The minimum Gasteiger partial charge on any atom is -0.475 e. The SMILES string of the molecule is Cc1ccc([C@@H]2[C@H](Oc3ccccc3F)C(=O)N2CCCCN2CCOCC2)cc1C. The van der Waals surface area contributed by atoms with Gasteiger partial charge in [0, 0.05) is 19.6 Å². The van der Waals surface area contributed by atoms with E-state index in [1.807, 2.05) is 4.90 Å². The first-order valence-corrected chi connectivity index (χ1v) is 11.1. The first kappa shape index (κ1) is 21.8. The number of nitrogens with zero attached hydrogens (tertiary/aromatic N) is 2. The largest absolute Gasteiger partial charge is 0.475 e. The van der Waals surface area contributed by atoms with Gasteiger partial charge in [-0.15, -0.1) is 0 Å². The molecule has 0 radical (unpaired) electrons. The molecule has 0 aromatic heterocycles. The lowest BCUT2D eigenvalue weighted by Crippen LogP contribution is -2.61. The third-order valence-corrected chi connectivity index (χ3v) is 6.34. The highest BCUT2D eigenvalue weighted by atomic mass is 19.1. The summed E-state index contributed by atoms with van der Waals surface area (Å²) < 4.78 is 25.4. The number of benzene rings is 2. The Balaban J connectivity index is 1.44. The van der Waals surface area contributed by atoms with Gasteiger partial charge in [-0.2, -0.15) is 0 Å². The van der Waals surface area contributed by atoms with E-state index in [0.29, 0.717) is 6.54 Å². The second-order valence-electron chi connectivity index (χ2n) is 8.45. The summed E-state index contributed by atoms with van der Waals surface area (Å²) in [7, 11) is 0. The number of carbonyl (C=O) groups excluding carboxylic acids is 1. The Morgan fingerprint density at radius 2 is 1.77 bits per heavy atom. The minimum atomic E-state index is -0.696. The van der Waals surface area contributed by atoms with Crippen LogP contribution >= 0.6 is 0 Å². The van der Waals surface area contributed by atoms with Crippen molar-refractivity contribution in [1.29, 1.82) is 0 Å². The van der Waals surface area contributed by atoms with Crippen LogP contribution in [0.2, 0.25) is 0 Å². The van der Waals surface area contributed by atoms with Crippen LogP contribution in [0.4, 0.5) is 4.39 Å². The van der Waals surface area contributed by atoms with Crippen molar-refractivity contribution in [3.05, 3.63) is 65.0 Å². The molecule has 166 valence electrons. The average Bonchev–Trinajstić information content (AvgIpc) is 2.78. The van der Waals surface area contributed by atoms with Crippen molar-refractivity contribution in [2.45, 2.75) is 38.8 Å². The van der Waals surface area contributed by atoms with Crippen molar-refractivity contribution in [2.24, 2.45) is 0 Å². The maximum absolute atomic E-state index is 14.1. The molecule has 31 heavy (non-hydrogen) atoms. The molecule has 2 fully saturated rings. The van der Waals surface area contributed by atoms with Crippen LogP contribution < -0.4 is 4.74 Å². The Morgan fingerprint density at radius 1 is 1.03 bits per heavy atom. The fraction of sp³-hybridized carbons (Fsp3) is 0.480. The van der Waals surface area contributed by atoms with Crippen LogP contribution in [0.15, 0.2) is 42.5 Å². The molecular weight excluding hydrogens is 395 g/mol. The van der Waals surface area contributed by atoms with Gasteiger partial charge in [0.15, 0.2) is 11.6 Å².